The van der Waals surface area contributed by atoms with Gasteiger partial charge in [-0.25, -0.2) is 0 Å². The Balaban J connectivity index is 1.86. The standard InChI is InChI=1S/C13H9Cl6NO3/c14-7-8(15)12(17)6-2-4-3(9(21)20(23)10(4)22)1-5(6)11(7,16)13(12,18)19/h3-6,23H,1-2H2/t3-,4-,5-,6+,11-,12-/m1/s1. The van der Waals surface area contributed by atoms with Crippen LogP contribution in [0, 0.1) is 23.7 Å². The van der Waals surface area contributed by atoms with Crippen LogP contribution in [0.4, 0.5) is 0 Å². The van der Waals surface area contributed by atoms with Gasteiger partial charge in [0.1, 0.15) is 9.75 Å². The Morgan fingerprint density at radius 1 is 0.870 bits per heavy atom. The fourth-order valence-electron chi connectivity index (χ4n) is 4.70. The molecular formula is C13H9Cl6NO3. The van der Waals surface area contributed by atoms with Crippen LogP contribution in [0.3, 0.4) is 0 Å². The minimum Gasteiger partial charge on any atom is -0.278 e. The minimum absolute atomic E-state index is 0.0816. The predicted molar refractivity (Wildman–Crippen MR) is 87.2 cm³/mol. The number of imide groups is 1. The lowest BCUT2D eigenvalue weighted by molar-refractivity contribution is -0.173. The predicted octanol–water partition coefficient (Wildman–Crippen LogP) is 3.85. The third kappa shape index (κ3) is 1.55. The van der Waals surface area contributed by atoms with E-state index in [9.17, 15) is 14.8 Å². The molecule has 1 N–H and O–H groups in total. The summed E-state index contributed by atoms with van der Waals surface area (Å²) in [6.45, 7) is 0. The molecule has 0 aromatic rings. The van der Waals surface area contributed by atoms with E-state index in [2.05, 4.69) is 0 Å². The van der Waals surface area contributed by atoms with Crippen LogP contribution < -0.4 is 0 Å². The van der Waals surface area contributed by atoms with E-state index in [1.807, 2.05) is 0 Å². The third-order valence-electron chi connectivity index (χ3n) is 5.81. The Morgan fingerprint density at radius 2 is 1.22 bits per heavy atom. The molecule has 0 aromatic heterocycles. The average Bonchev–Trinajstić information content (AvgIpc) is 2.84. The highest BCUT2D eigenvalue weighted by molar-refractivity contribution is 6.65. The van der Waals surface area contributed by atoms with Crippen molar-refractivity contribution in [3.8, 4) is 0 Å². The number of nitrogens with zero attached hydrogens (tertiary/aromatic N) is 1. The number of carbonyl (C=O) groups is 2. The van der Waals surface area contributed by atoms with E-state index in [0.717, 1.165) is 0 Å². The zero-order valence-electron chi connectivity index (χ0n) is 11.2. The molecule has 126 valence electrons. The number of hydrogen-bond acceptors (Lipinski definition) is 3. The van der Waals surface area contributed by atoms with Gasteiger partial charge < -0.3 is 0 Å². The smallest absolute Gasteiger partial charge is 0.257 e. The van der Waals surface area contributed by atoms with Crippen molar-refractivity contribution < 1.29 is 14.8 Å². The van der Waals surface area contributed by atoms with Crippen LogP contribution in [0.5, 0.6) is 0 Å². The molecule has 3 fully saturated rings. The molecule has 0 radical (unpaired) electrons. The first-order valence-electron chi connectivity index (χ1n) is 6.89. The number of alkyl halides is 4. The highest BCUT2D eigenvalue weighted by atomic mass is 35.5. The minimum atomic E-state index is -1.67. The second-order valence-electron chi connectivity index (χ2n) is 6.51. The van der Waals surface area contributed by atoms with Gasteiger partial charge in [0.2, 0.25) is 0 Å². The van der Waals surface area contributed by atoms with Crippen LogP contribution in [0.15, 0.2) is 10.1 Å². The second kappa shape index (κ2) is 4.64. The summed E-state index contributed by atoms with van der Waals surface area (Å²) in [6.07, 6.45) is 0.410. The van der Waals surface area contributed by atoms with Crippen molar-refractivity contribution in [1.82, 2.24) is 5.06 Å². The summed E-state index contributed by atoms with van der Waals surface area (Å²) >= 11 is 39.0. The zero-order valence-corrected chi connectivity index (χ0v) is 15.7. The third-order valence-corrected chi connectivity index (χ3v) is 10.2. The zero-order chi connectivity index (χ0) is 17.1. The number of allylic oxidation sites excluding steroid dienone is 2. The van der Waals surface area contributed by atoms with Gasteiger partial charge in [-0.2, -0.15) is 5.06 Å². The van der Waals surface area contributed by atoms with Crippen molar-refractivity contribution in [3.05, 3.63) is 10.1 Å². The van der Waals surface area contributed by atoms with Crippen LogP contribution in [-0.2, 0) is 9.59 Å². The molecule has 6 atom stereocenters. The average molecular weight is 440 g/mol. The summed E-state index contributed by atoms with van der Waals surface area (Å²) in [5.41, 5.74) is 0. The number of fused-ring (bicyclic) bond motifs is 6. The van der Waals surface area contributed by atoms with E-state index in [1.54, 1.807) is 0 Å². The second-order valence-corrected chi connectivity index (χ2v) is 9.79. The highest BCUT2D eigenvalue weighted by Crippen LogP contribution is 2.79. The van der Waals surface area contributed by atoms with E-state index in [4.69, 9.17) is 69.6 Å². The van der Waals surface area contributed by atoms with Gasteiger partial charge in [0.15, 0.2) is 4.33 Å². The Kier molecular flexibility index (Phi) is 3.44. The van der Waals surface area contributed by atoms with E-state index >= 15 is 0 Å². The molecule has 0 spiro atoms. The summed E-state index contributed by atoms with van der Waals surface area (Å²) < 4.78 is -1.67. The van der Waals surface area contributed by atoms with Crippen molar-refractivity contribution in [2.24, 2.45) is 23.7 Å². The summed E-state index contributed by atoms with van der Waals surface area (Å²) in [4.78, 5) is 21.3. The molecule has 10 heteroatoms. The maximum absolute atomic E-state index is 12.1. The SMILES string of the molecule is O=C1[C@@H]2C[C@@H]3[C@H](C[C@H]2C(=O)N1O)[C@@]1(Cl)C(Cl)=C(Cl)[C@@]3(Cl)C1(Cl)Cl. The molecule has 23 heavy (non-hydrogen) atoms. The normalized spacial score (nSPS) is 50.7. The van der Waals surface area contributed by atoms with Gasteiger partial charge >= 0.3 is 0 Å². The molecule has 1 heterocycles. The van der Waals surface area contributed by atoms with E-state index in [0.29, 0.717) is 0 Å². The molecule has 0 unspecified atom stereocenters. The first-order valence-corrected chi connectivity index (χ1v) is 9.16. The Labute approximate surface area is 161 Å². The number of amides is 2. The van der Waals surface area contributed by atoms with Gasteiger partial charge in [-0.05, 0) is 24.7 Å². The van der Waals surface area contributed by atoms with Crippen LogP contribution >= 0.6 is 69.6 Å². The van der Waals surface area contributed by atoms with Gasteiger partial charge in [-0.3, -0.25) is 14.8 Å². The monoisotopic (exact) mass is 437 g/mol. The van der Waals surface area contributed by atoms with E-state index < -0.39 is 49.6 Å². The Hall–Kier alpha value is 0.580. The number of halogens is 6. The lowest BCUT2D eigenvalue weighted by Crippen LogP contribution is -2.44. The fraction of sp³-hybridized carbons (Fsp3) is 0.692. The summed E-state index contributed by atoms with van der Waals surface area (Å²) in [5.74, 6) is -3.53. The molecule has 4 nitrogen and oxygen atoms in total. The van der Waals surface area contributed by atoms with Crippen molar-refractivity contribution in [2.75, 3.05) is 0 Å². The molecule has 4 aliphatic rings. The number of rotatable bonds is 0. The van der Waals surface area contributed by atoms with Crippen LogP contribution in [0.2, 0.25) is 0 Å². The molecule has 3 aliphatic carbocycles. The molecule has 2 amide bonds. The summed E-state index contributed by atoms with van der Waals surface area (Å²) in [6, 6.07) is 0. The van der Waals surface area contributed by atoms with Gasteiger partial charge in [0.25, 0.3) is 11.8 Å². The van der Waals surface area contributed by atoms with Crippen molar-refractivity contribution in [2.45, 2.75) is 26.9 Å². The molecule has 4 rings (SSSR count). The highest BCUT2D eigenvalue weighted by Gasteiger charge is 2.83. The van der Waals surface area contributed by atoms with E-state index in [1.165, 1.54) is 0 Å². The molecule has 0 aromatic carbocycles. The quantitative estimate of drug-likeness (QED) is 0.354. The van der Waals surface area contributed by atoms with Crippen LogP contribution in [0.1, 0.15) is 12.8 Å². The lowest BCUT2D eigenvalue weighted by Gasteiger charge is -2.42. The molecule has 1 saturated heterocycles. The number of hydrogen-bond donors (Lipinski definition) is 1. The van der Waals surface area contributed by atoms with Gasteiger partial charge in [-0.15, -0.1) is 23.2 Å². The van der Waals surface area contributed by atoms with E-state index in [-0.39, 0.29) is 28.0 Å². The van der Waals surface area contributed by atoms with Crippen molar-refractivity contribution in [3.63, 3.8) is 0 Å². The van der Waals surface area contributed by atoms with Crippen molar-refractivity contribution >= 4 is 81.4 Å². The largest absolute Gasteiger partial charge is 0.278 e. The van der Waals surface area contributed by atoms with Crippen molar-refractivity contribution in [1.29, 1.82) is 0 Å². The van der Waals surface area contributed by atoms with Crippen LogP contribution in [-0.4, -0.2) is 36.2 Å². The number of hydroxylamine groups is 2. The number of carbonyl (C=O) groups excluding carboxylic acids is 2. The maximum Gasteiger partial charge on any atom is 0.257 e. The molecule has 1 aliphatic heterocycles. The first-order chi connectivity index (χ1) is 10.5. The van der Waals surface area contributed by atoms with Gasteiger partial charge in [-0.1, -0.05) is 46.4 Å². The lowest BCUT2D eigenvalue weighted by atomic mass is 9.65. The van der Waals surface area contributed by atoms with Crippen LogP contribution in [0.25, 0.3) is 0 Å². The summed E-state index contributed by atoms with van der Waals surface area (Å²) in [5, 5.41) is 9.93. The molecular weight excluding hydrogens is 431 g/mol. The Bertz CT molecular complexity index is 641. The maximum atomic E-state index is 12.1. The fourth-order valence-corrected chi connectivity index (χ4v) is 7.81. The molecule has 2 saturated carbocycles. The molecule has 2 bridgehead atoms. The summed E-state index contributed by atoms with van der Waals surface area (Å²) in [7, 11) is 0. The first kappa shape index (κ1) is 17.0. The van der Waals surface area contributed by atoms with Gasteiger partial charge in [0, 0.05) is 0 Å². The topological polar surface area (TPSA) is 57.6 Å². The van der Waals surface area contributed by atoms with Gasteiger partial charge in [0.05, 0.1) is 21.9 Å². The Morgan fingerprint density at radius 3 is 1.57 bits per heavy atom.